The molecule has 0 aliphatic heterocycles. The fourth-order valence-electron chi connectivity index (χ4n) is 2.91. The fourth-order valence-corrected chi connectivity index (χ4v) is 2.91. The second kappa shape index (κ2) is 6.98. The van der Waals surface area contributed by atoms with Crippen LogP contribution in [0.1, 0.15) is 12.0 Å². The molecular formula is C20H19SiZr-. The van der Waals surface area contributed by atoms with Crippen molar-refractivity contribution < 1.29 is 23.3 Å². The number of hydrogen-bond acceptors (Lipinski definition) is 0. The molecule has 2 heteroatoms. The SMILES string of the molecule is C1=CCC(c2cccc3c2[cH-]c2ccccc23)=C1.C[Si](C)=[Zr]. The van der Waals surface area contributed by atoms with Gasteiger partial charge in [0.15, 0.2) is 0 Å². The van der Waals surface area contributed by atoms with E-state index in [1.54, 1.807) is 23.3 Å². The van der Waals surface area contributed by atoms with E-state index in [4.69, 9.17) is 0 Å². The van der Waals surface area contributed by atoms with E-state index >= 15 is 0 Å². The summed E-state index contributed by atoms with van der Waals surface area (Å²) < 4.78 is 0. The van der Waals surface area contributed by atoms with Gasteiger partial charge in [-0.3, -0.25) is 0 Å². The Kier molecular flexibility index (Phi) is 5.00. The summed E-state index contributed by atoms with van der Waals surface area (Å²) in [5.74, 6) is 0. The molecule has 3 aromatic rings. The molecule has 0 saturated heterocycles. The third-order valence-electron chi connectivity index (χ3n) is 3.77. The van der Waals surface area contributed by atoms with Gasteiger partial charge in [0.25, 0.3) is 0 Å². The van der Waals surface area contributed by atoms with Crippen LogP contribution < -0.4 is 0 Å². The van der Waals surface area contributed by atoms with Gasteiger partial charge >= 0.3 is 41.9 Å². The van der Waals surface area contributed by atoms with E-state index in [-0.39, 0.29) is 5.43 Å². The van der Waals surface area contributed by atoms with Gasteiger partial charge in [-0.1, -0.05) is 65.8 Å². The van der Waals surface area contributed by atoms with Crippen molar-refractivity contribution in [3.63, 3.8) is 0 Å². The van der Waals surface area contributed by atoms with E-state index in [0.29, 0.717) is 0 Å². The van der Waals surface area contributed by atoms with E-state index in [9.17, 15) is 0 Å². The zero-order chi connectivity index (χ0) is 15.5. The monoisotopic (exact) mass is 377 g/mol. The van der Waals surface area contributed by atoms with Crippen LogP contribution in [0.15, 0.2) is 66.8 Å². The number of hydrogen-bond donors (Lipinski definition) is 0. The van der Waals surface area contributed by atoms with Crippen LogP contribution in [0.4, 0.5) is 0 Å². The van der Waals surface area contributed by atoms with Crippen LogP contribution in [0.5, 0.6) is 0 Å². The Morgan fingerprint density at radius 2 is 1.73 bits per heavy atom. The Morgan fingerprint density at radius 1 is 1.00 bits per heavy atom. The molecule has 108 valence electrons. The summed E-state index contributed by atoms with van der Waals surface area (Å²) in [4.78, 5) is 0. The van der Waals surface area contributed by atoms with Crippen molar-refractivity contribution in [1.29, 1.82) is 0 Å². The molecule has 0 N–H and O–H groups in total. The molecule has 22 heavy (non-hydrogen) atoms. The van der Waals surface area contributed by atoms with Crippen molar-refractivity contribution in [2.24, 2.45) is 0 Å². The van der Waals surface area contributed by atoms with Crippen molar-refractivity contribution >= 4 is 32.6 Å². The first-order chi connectivity index (χ1) is 10.7. The van der Waals surface area contributed by atoms with E-state index in [2.05, 4.69) is 79.9 Å². The first-order valence-electron chi connectivity index (χ1n) is 7.62. The molecule has 1 aliphatic rings. The molecule has 0 nitrogen and oxygen atoms in total. The summed E-state index contributed by atoms with van der Waals surface area (Å²) in [6, 6.07) is 17.6. The first-order valence-corrected chi connectivity index (χ1v) is 13.8. The first kappa shape index (κ1) is 15.8. The predicted octanol–water partition coefficient (Wildman–Crippen LogP) is 5.84. The van der Waals surface area contributed by atoms with Crippen LogP contribution in [0, 0.1) is 0 Å². The molecular weight excluding hydrogens is 360 g/mol. The molecule has 0 atom stereocenters. The van der Waals surface area contributed by atoms with Crippen molar-refractivity contribution in [3.8, 4) is 0 Å². The molecule has 0 saturated carbocycles. The maximum absolute atomic E-state index is 2.32. The second-order valence-corrected chi connectivity index (χ2v) is 15.2. The van der Waals surface area contributed by atoms with Gasteiger partial charge in [0.1, 0.15) is 0 Å². The topological polar surface area (TPSA) is 0 Å². The molecule has 4 rings (SSSR count). The predicted molar refractivity (Wildman–Crippen MR) is 96.3 cm³/mol. The summed E-state index contributed by atoms with van der Waals surface area (Å²) in [5, 5.41) is 5.46. The Hall–Kier alpha value is -1.11. The molecule has 0 fully saturated rings. The fraction of sp³-hybridized carbons (Fsp3) is 0.150. The molecule has 0 heterocycles. The Labute approximate surface area is 147 Å². The standard InChI is InChI=1S/C18H13.C2H6Si.Zr/c1-2-7-13(6-1)15-10-5-11-17-16-9-4-3-8-14(16)12-18(15)17;1-3-2;/h1-6,8-12H,7H2;1-2H3;/q-1;;. The van der Waals surface area contributed by atoms with Gasteiger partial charge in [0.2, 0.25) is 0 Å². The summed E-state index contributed by atoms with van der Waals surface area (Å²) in [6.07, 6.45) is 7.65. The number of fused-ring (bicyclic) bond motifs is 3. The van der Waals surface area contributed by atoms with Crippen molar-refractivity contribution in [2.45, 2.75) is 19.5 Å². The van der Waals surface area contributed by atoms with Gasteiger partial charge in [-0.15, -0.1) is 33.7 Å². The van der Waals surface area contributed by atoms with Gasteiger partial charge in [-0.2, -0.15) is 0 Å². The molecule has 0 unspecified atom stereocenters. The van der Waals surface area contributed by atoms with E-state index in [0.717, 1.165) is 6.42 Å². The maximum atomic E-state index is 2.32. The van der Waals surface area contributed by atoms with Gasteiger partial charge in [0, 0.05) is 0 Å². The zero-order valence-corrected chi connectivity index (χ0v) is 16.5. The van der Waals surface area contributed by atoms with Crippen LogP contribution in [-0.4, -0.2) is 5.43 Å². The second-order valence-electron chi connectivity index (χ2n) is 5.82. The summed E-state index contributed by atoms with van der Waals surface area (Å²) in [7, 11) is 0. The molecule has 0 radical (unpaired) electrons. The number of rotatable bonds is 1. The Bertz CT molecular complexity index is 892. The van der Waals surface area contributed by atoms with Gasteiger partial charge in [0.05, 0.1) is 0 Å². The average Bonchev–Trinajstić information content (AvgIpc) is 3.14. The summed E-state index contributed by atoms with van der Waals surface area (Å²) in [6.45, 7) is 4.62. The third-order valence-corrected chi connectivity index (χ3v) is 3.77. The van der Waals surface area contributed by atoms with Gasteiger partial charge in [-0.05, 0) is 6.42 Å². The summed E-state index contributed by atoms with van der Waals surface area (Å²) >= 11 is 1.74. The van der Waals surface area contributed by atoms with Crippen molar-refractivity contribution in [1.82, 2.24) is 0 Å². The normalized spacial score (nSPS) is 13.0. The molecule has 0 spiro atoms. The Morgan fingerprint density at radius 3 is 2.45 bits per heavy atom. The molecule has 0 amide bonds. The molecule has 0 aromatic heterocycles. The molecule has 0 bridgehead atoms. The quantitative estimate of drug-likeness (QED) is 0.368. The van der Waals surface area contributed by atoms with Crippen molar-refractivity contribution in [2.75, 3.05) is 0 Å². The Balaban J connectivity index is 0.000000325. The minimum absolute atomic E-state index is 0.210. The average molecular weight is 379 g/mol. The molecule has 1 aliphatic carbocycles. The van der Waals surface area contributed by atoms with Crippen LogP contribution >= 0.6 is 0 Å². The zero-order valence-electron chi connectivity index (χ0n) is 13.1. The van der Waals surface area contributed by atoms with E-state index in [1.165, 1.54) is 32.7 Å². The minimum atomic E-state index is 0.210. The number of allylic oxidation sites excluding steroid dienone is 4. The number of benzene rings is 2. The third kappa shape index (κ3) is 3.29. The van der Waals surface area contributed by atoms with Gasteiger partial charge < -0.3 is 0 Å². The van der Waals surface area contributed by atoms with Gasteiger partial charge in [-0.25, -0.2) is 0 Å². The van der Waals surface area contributed by atoms with Crippen LogP contribution in [0.25, 0.3) is 27.1 Å². The van der Waals surface area contributed by atoms with E-state index < -0.39 is 0 Å². The van der Waals surface area contributed by atoms with Crippen LogP contribution in [-0.2, 0) is 23.3 Å². The van der Waals surface area contributed by atoms with Crippen LogP contribution in [0.2, 0.25) is 13.1 Å². The summed E-state index contributed by atoms with van der Waals surface area (Å²) in [5.41, 5.74) is 3.02. The van der Waals surface area contributed by atoms with E-state index in [1.807, 2.05) is 0 Å². The van der Waals surface area contributed by atoms with Crippen LogP contribution in [0.3, 0.4) is 0 Å². The van der Waals surface area contributed by atoms with Crippen molar-refractivity contribution in [3.05, 3.63) is 72.3 Å². The molecule has 3 aromatic carbocycles.